The van der Waals surface area contributed by atoms with Crippen LogP contribution in [0.2, 0.25) is 0 Å². The van der Waals surface area contributed by atoms with Crippen LogP contribution in [0, 0.1) is 0 Å². The molecule has 1 atom stereocenters. The zero-order chi connectivity index (χ0) is 25.4. The van der Waals surface area contributed by atoms with Crippen LogP contribution in [0.15, 0.2) is 0 Å². The van der Waals surface area contributed by atoms with Crippen LogP contribution in [0.4, 0.5) is 0 Å². The van der Waals surface area contributed by atoms with Crippen LogP contribution in [0.1, 0.15) is 6.42 Å². The molecular formula is C16H26N8O9. The number of primary amides is 1. The van der Waals surface area contributed by atoms with Crippen molar-refractivity contribution in [1.29, 1.82) is 0 Å². The van der Waals surface area contributed by atoms with Crippen molar-refractivity contribution in [3.05, 3.63) is 0 Å². The summed E-state index contributed by atoms with van der Waals surface area (Å²) in [7, 11) is 0. The summed E-state index contributed by atoms with van der Waals surface area (Å²) in [4.78, 5) is 91.1. The van der Waals surface area contributed by atoms with Gasteiger partial charge in [0, 0.05) is 0 Å². The van der Waals surface area contributed by atoms with E-state index in [0.717, 1.165) is 0 Å². The molecule has 0 saturated carbocycles. The molecule has 0 radical (unpaired) electrons. The van der Waals surface area contributed by atoms with Gasteiger partial charge < -0.3 is 48.5 Å². The topological polar surface area (TPSA) is 281 Å². The van der Waals surface area contributed by atoms with Crippen molar-refractivity contribution in [2.45, 2.75) is 12.5 Å². The fourth-order valence-electron chi connectivity index (χ4n) is 1.92. The van der Waals surface area contributed by atoms with E-state index in [1.807, 2.05) is 5.32 Å². The zero-order valence-corrected chi connectivity index (χ0v) is 17.4. The zero-order valence-electron chi connectivity index (χ0n) is 17.4. The second-order valence-corrected chi connectivity index (χ2v) is 6.21. The molecule has 0 rings (SSSR count). The molecule has 0 aliphatic carbocycles. The Morgan fingerprint density at radius 3 is 1.52 bits per heavy atom. The molecule has 0 aliphatic rings. The van der Waals surface area contributed by atoms with Gasteiger partial charge in [-0.05, 0) is 0 Å². The van der Waals surface area contributed by atoms with Crippen molar-refractivity contribution in [3.8, 4) is 0 Å². The predicted molar refractivity (Wildman–Crippen MR) is 107 cm³/mol. The summed E-state index contributed by atoms with van der Waals surface area (Å²) in [5.41, 5.74) is 10.1. The van der Waals surface area contributed by atoms with Crippen molar-refractivity contribution in [2.75, 3.05) is 39.3 Å². The van der Waals surface area contributed by atoms with Crippen LogP contribution in [0.3, 0.4) is 0 Å². The first-order chi connectivity index (χ1) is 15.4. The minimum Gasteiger partial charge on any atom is -0.480 e. The minimum absolute atomic E-state index is 0.326. The van der Waals surface area contributed by atoms with Gasteiger partial charge in [-0.3, -0.25) is 38.4 Å². The van der Waals surface area contributed by atoms with E-state index >= 15 is 0 Å². The number of carbonyl (C=O) groups is 8. The monoisotopic (exact) mass is 474 g/mol. The van der Waals surface area contributed by atoms with Gasteiger partial charge in [0.25, 0.3) is 0 Å². The van der Waals surface area contributed by atoms with Crippen LogP contribution in [0.5, 0.6) is 0 Å². The van der Waals surface area contributed by atoms with Crippen LogP contribution in [-0.4, -0.2) is 97.7 Å². The standard InChI is InChI=1S/C16H26N8O9/c17-2-10(26)19-3-11(27)21-6-14(30)24-8(1-9(18)25)16(33)23-5-13(29)20-4-12(28)22-7-15(31)32/h8H,1-7,17H2,(H2,18,25)(H,19,26)(H,20,29)(H,21,27)(H,22,28)(H,23,33)(H,24,30)(H,31,32)/t8-/m0/s1. The van der Waals surface area contributed by atoms with Gasteiger partial charge in [0.15, 0.2) is 0 Å². The van der Waals surface area contributed by atoms with Gasteiger partial charge in [-0.2, -0.15) is 0 Å². The lowest BCUT2D eigenvalue weighted by molar-refractivity contribution is -0.137. The molecule has 17 nitrogen and oxygen atoms in total. The lowest BCUT2D eigenvalue weighted by atomic mass is 10.2. The molecule has 0 aromatic carbocycles. The number of amides is 7. The van der Waals surface area contributed by atoms with Crippen molar-refractivity contribution in [2.24, 2.45) is 11.5 Å². The highest BCUT2D eigenvalue weighted by Crippen LogP contribution is 1.92. The summed E-state index contributed by atoms with van der Waals surface area (Å²) in [5, 5.41) is 21.2. The second-order valence-electron chi connectivity index (χ2n) is 6.21. The first-order valence-electron chi connectivity index (χ1n) is 9.28. The van der Waals surface area contributed by atoms with Crippen molar-refractivity contribution in [3.63, 3.8) is 0 Å². The summed E-state index contributed by atoms with van der Waals surface area (Å²) in [6.07, 6.45) is -0.614. The van der Waals surface area contributed by atoms with Gasteiger partial charge in [-0.15, -0.1) is 0 Å². The van der Waals surface area contributed by atoms with Crippen LogP contribution in [-0.2, 0) is 38.4 Å². The Morgan fingerprint density at radius 2 is 1.06 bits per heavy atom. The van der Waals surface area contributed by atoms with Crippen molar-refractivity contribution < 1.29 is 43.5 Å². The fourth-order valence-corrected chi connectivity index (χ4v) is 1.92. The minimum atomic E-state index is -1.46. The van der Waals surface area contributed by atoms with Crippen molar-refractivity contribution in [1.82, 2.24) is 31.9 Å². The third-order valence-corrected chi connectivity index (χ3v) is 3.44. The third kappa shape index (κ3) is 15.2. The average molecular weight is 474 g/mol. The first kappa shape index (κ1) is 28.7. The van der Waals surface area contributed by atoms with Gasteiger partial charge in [0.1, 0.15) is 12.6 Å². The van der Waals surface area contributed by atoms with E-state index in [-0.39, 0.29) is 6.54 Å². The Kier molecular flexibility index (Phi) is 13.5. The Bertz CT molecular complexity index is 786. The lowest BCUT2D eigenvalue weighted by Crippen LogP contribution is -2.53. The Balaban J connectivity index is 4.51. The highest BCUT2D eigenvalue weighted by atomic mass is 16.4. The molecule has 0 aromatic rings. The SMILES string of the molecule is NCC(=O)NCC(=O)NCC(=O)N[C@@H](CC(N)=O)C(=O)NCC(=O)NCC(=O)NCC(=O)O. The number of hydrogen-bond acceptors (Lipinski definition) is 9. The van der Waals surface area contributed by atoms with Gasteiger partial charge in [-0.1, -0.05) is 0 Å². The summed E-state index contributed by atoms with van der Waals surface area (Å²) in [6, 6.07) is -1.46. The molecule has 17 heteroatoms. The highest BCUT2D eigenvalue weighted by Gasteiger charge is 2.23. The van der Waals surface area contributed by atoms with E-state index in [4.69, 9.17) is 16.6 Å². The largest absolute Gasteiger partial charge is 0.480 e. The molecule has 184 valence electrons. The van der Waals surface area contributed by atoms with E-state index < -0.39 is 92.5 Å². The molecule has 0 fully saturated rings. The molecule has 0 heterocycles. The maximum absolute atomic E-state index is 12.2. The van der Waals surface area contributed by atoms with Crippen molar-refractivity contribution >= 4 is 47.3 Å². The predicted octanol–water partition coefficient (Wildman–Crippen LogP) is -7.03. The molecule has 11 N–H and O–H groups in total. The smallest absolute Gasteiger partial charge is 0.322 e. The van der Waals surface area contributed by atoms with Crippen LogP contribution in [0.25, 0.3) is 0 Å². The number of carboxylic acid groups (broad SMARTS) is 1. The molecule has 0 saturated heterocycles. The van der Waals surface area contributed by atoms with Gasteiger partial charge in [0.2, 0.25) is 41.4 Å². The van der Waals surface area contributed by atoms with E-state index in [1.54, 1.807) is 0 Å². The maximum atomic E-state index is 12.2. The van der Waals surface area contributed by atoms with Crippen LogP contribution >= 0.6 is 0 Å². The summed E-state index contributed by atoms with van der Waals surface area (Å²) < 4.78 is 0. The van der Waals surface area contributed by atoms with E-state index in [1.165, 1.54) is 0 Å². The molecule has 33 heavy (non-hydrogen) atoms. The summed E-state index contributed by atoms with van der Waals surface area (Å²) in [5.74, 6) is -6.93. The molecular weight excluding hydrogens is 448 g/mol. The Hall–Kier alpha value is -4.28. The number of hydrogen-bond donors (Lipinski definition) is 9. The Morgan fingerprint density at radius 1 is 0.636 bits per heavy atom. The molecule has 0 aliphatic heterocycles. The number of rotatable bonds is 15. The number of carboxylic acids is 1. The molecule has 0 unspecified atom stereocenters. The fraction of sp³-hybridized carbons (Fsp3) is 0.500. The second kappa shape index (κ2) is 15.5. The molecule has 7 amide bonds. The van der Waals surface area contributed by atoms with Gasteiger partial charge >= 0.3 is 5.97 Å². The average Bonchev–Trinajstić information content (AvgIpc) is 2.75. The summed E-state index contributed by atoms with van der Waals surface area (Å²) in [6.45, 7) is -3.16. The Labute approximate surface area is 186 Å². The van der Waals surface area contributed by atoms with E-state index in [9.17, 15) is 38.4 Å². The first-order valence-corrected chi connectivity index (χ1v) is 9.28. The summed E-state index contributed by atoms with van der Waals surface area (Å²) >= 11 is 0. The van der Waals surface area contributed by atoms with E-state index in [2.05, 4.69) is 26.6 Å². The number of carbonyl (C=O) groups excluding carboxylic acids is 7. The quantitative estimate of drug-likeness (QED) is 0.108. The highest BCUT2D eigenvalue weighted by molar-refractivity contribution is 5.95. The van der Waals surface area contributed by atoms with Crippen LogP contribution < -0.4 is 43.4 Å². The lowest BCUT2D eigenvalue weighted by Gasteiger charge is -2.17. The third-order valence-electron chi connectivity index (χ3n) is 3.44. The van der Waals surface area contributed by atoms with Gasteiger partial charge in [0.05, 0.1) is 39.1 Å². The number of nitrogens with one attached hydrogen (secondary N) is 6. The van der Waals surface area contributed by atoms with Gasteiger partial charge in [-0.25, -0.2) is 0 Å². The number of nitrogens with two attached hydrogens (primary N) is 2. The number of aliphatic carboxylic acids is 1. The molecule has 0 aromatic heterocycles. The maximum Gasteiger partial charge on any atom is 0.322 e. The molecule has 0 bridgehead atoms. The normalized spacial score (nSPS) is 10.7. The van der Waals surface area contributed by atoms with E-state index in [0.29, 0.717) is 0 Å². The molecule has 0 spiro atoms.